The first-order valence-corrected chi connectivity index (χ1v) is 10.7. The molecule has 29 heavy (non-hydrogen) atoms. The molecule has 0 unspecified atom stereocenters. The van der Waals surface area contributed by atoms with Gasteiger partial charge in [0.05, 0.1) is 18.1 Å². The Morgan fingerprint density at radius 3 is 1.83 bits per heavy atom. The Balaban J connectivity index is 1.41. The van der Waals surface area contributed by atoms with Gasteiger partial charge >= 0.3 is 0 Å². The van der Waals surface area contributed by atoms with Gasteiger partial charge in [-0.25, -0.2) is 17.2 Å². The number of hydrogen-bond donors (Lipinski definition) is 0. The molecular formula is C18H21F2N5O3S. The highest BCUT2D eigenvalue weighted by Crippen LogP contribution is 2.22. The van der Waals surface area contributed by atoms with E-state index in [1.54, 1.807) is 0 Å². The van der Waals surface area contributed by atoms with Crippen molar-refractivity contribution in [2.24, 2.45) is 0 Å². The van der Waals surface area contributed by atoms with Crippen LogP contribution in [0, 0.1) is 11.6 Å². The van der Waals surface area contributed by atoms with Gasteiger partial charge in [0.15, 0.2) is 11.6 Å². The monoisotopic (exact) mass is 425 g/mol. The Kier molecular flexibility index (Phi) is 5.61. The zero-order chi connectivity index (χ0) is 20.4. The lowest BCUT2D eigenvalue weighted by atomic mass is 10.3. The lowest BCUT2D eigenvalue weighted by molar-refractivity contribution is 0.122. The molecule has 0 atom stereocenters. The van der Waals surface area contributed by atoms with Crippen molar-refractivity contribution >= 4 is 21.7 Å². The average molecular weight is 425 g/mol. The van der Waals surface area contributed by atoms with Crippen molar-refractivity contribution in [1.82, 2.24) is 14.5 Å². The fourth-order valence-corrected chi connectivity index (χ4v) is 4.90. The molecule has 156 valence electrons. The van der Waals surface area contributed by atoms with Crippen LogP contribution in [0.2, 0.25) is 0 Å². The van der Waals surface area contributed by atoms with Gasteiger partial charge in [0, 0.05) is 45.3 Å². The standard InChI is InChI=1S/C18H21F2N5O3S/c19-14-11-15(20)13-16(12-14)29(26,27)25-5-3-23(4-6-25)17-1-2-18(22-21-17)24-7-9-28-10-8-24/h1-2,11-13H,3-10H2. The summed E-state index contributed by atoms with van der Waals surface area (Å²) in [4.78, 5) is 3.66. The molecule has 0 amide bonds. The van der Waals surface area contributed by atoms with E-state index in [0.717, 1.165) is 31.0 Å². The maximum Gasteiger partial charge on any atom is 0.243 e. The largest absolute Gasteiger partial charge is 0.378 e. The first-order valence-electron chi connectivity index (χ1n) is 9.31. The van der Waals surface area contributed by atoms with Gasteiger partial charge in [-0.05, 0) is 24.3 Å². The van der Waals surface area contributed by atoms with Crippen molar-refractivity contribution in [2.45, 2.75) is 4.90 Å². The van der Waals surface area contributed by atoms with Crippen LogP contribution in [0.1, 0.15) is 0 Å². The molecule has 0 saturated carbocycles. The van der Waals surface area contributed by atoms with Crippen molar-refractivity contribution in [1.29, 1.82) is 0 Å². The number of piperazine rings is 1. The summed E-state index contributed by atoms with van der Waals surface area (Å²) >= 11 is 0. The minimum Gasteiger partial charge on any atom is -0.378 e. The predicted molar refractivity (Wildman–Crippen MR) is 102 cm³/mol. The summed E-state index contributed by atoms with van der Waals surface area (Å²) in [6.45, 7) is 4.05. The molecule has 4 rings (SSSR count). The number of benzene rings is 1. The Labute approximate surface area is 167 Å². The predicted octanol–water partition coefficient (Wildman–Crippen LogP) is 1.10. The minimum absolute atomic E-state index is 0.188. The normalized spacial score (nSPS) is 18.8. The molecule has 11 heteroatoms. The van der Waals surface area contributed by atoms with Gasteiger partial charge in [0.2, 0.25) is 10.0 Å². The van der Waals surface area contributed by atoms with Gasteiger partial charge in [0.25, 0.3) is 0 Å². The highest BCUT2D eigenvalue weighted by atomic mass is 32.2. The fraction of sp³-hybridized carbons (Fsp3) is 0.444. The molecule has 0 radical (unpaired) electrons. The Morgan fingerprint density at radius 2 is 1.31 bits per heavy atom. The molecule has 2 aliphatic heterocycles. The molecule has 2 saturated heterocycles. The number of rotatable bonds is 4. The minimum atomic E-state index is -3.96. The number of ether oxygens (including phenoxy) is 1. The van der Waals surface area contributed by atoms with E-state index in [1.165, 1.54) is 4.31 Å². The SMILES string of the molecule is O=S(=O)(c1cc(F)cc(F)c1)N1CCN(c2ccc(N3CCOCC3)nn2)CC1. The van der Waals surface area contributed by atoms with Gasteiger partial charge in [-0.1, -0.05) is 0 Å². The van der Waals surface area contributed by atoms with Crippen molar-refractivity contribution in [3.63, 3.8) is 0 Å². The van der Waals surface area contributed by atoms with E-state index >= 15 is 0 Å². The van der Waals surface area contributed by atoms with Crippen molar-refractivity contribution in [3.05, 3.63) is 42.0 Å². The fourth-order valence-electron chi connectivity index (χ4n) is 3.43. The molecule has 3 heterocycles. The molecule has 0 N–H and O–H groups in total. The third-order valence-electron chi connectivity index (χ3n) is 5.01. The van der Waals surface area contributed by atoms with Crippen LogP contribution in [0.4, 0.5) is 20.4 Å². The van der Waals surface area contributed by atoms with Crippen LogP contribution in [0.5, 0.6) is 0 Å². The van der Waals surface area contributed by atoms with Gasteiger partial charge in [0.1, 0.15) is 11.6 Å². The Morgan fingerprint density at radius 1 is 0.793 bits per heavy atom. The lowest BCUT2D eigenvalue weighted by Crippen LogP contribution is -2.49. The quantitative estimate of drug-likeness (QED) is 0.726. The number of nitrogens with zero attached hydrogens (tertiary/aromatic N) is 5. The maximum atomic E-state index is 13.4. The van der Waals surface area contributed by atoms with E-state index in [1.807, 2.05) is 17.0 Å². The van der Waals surface area contributed by atoms with E-state index in [-0.39, 0.29) is 18.0 Å². The summed E-state index contributed by atoms with van der Waals surface area (Å²) in [5.74, 6) is -0.391. The highest BCUT2D eigenvalue weighted by molar-refractivity contribution is 7.89. The van der Waals surface area contributed by atoms with Crippen LogP contribution in [-0.2, 0) is 14.8 Å². The second-order valence-corrected chi connectivity index (χ2v) is 8.78. The number of sulfonamides is 1. The average Bonchev–Trinajstić information content (AvgIpc) is 2.74. The molecule has 0 spiro atoms. The van der Waals surface area contributed by atoms with Crippen molar-refractivity contribution < 1.29 is 21.9 Å². The van der Waals surface area contributed by atoms with E-state index in [9.17, 15) is 17.2 Å². The Hall–Kier alpha value is -2.37. The second kappa shape index (κ2) is 8.17. The van der Waals surface area contributed by atoms with Gasteiger partial charge < -0.3 is 14.5 Å². The molecule has 1 aromatic heterocycles. The highest BCUT2D eigenvalue weighted by Gasteiger charge is 2.30. The van der Waals surface area contributed by atoms with Crippen LogP contribution in [0.15, 0.2) is 35.2 Å². The maximum absolute atomic E-state index is 13.4. The van der Waals surface area contributed by atoms with Gasteiger partial charge in [-0.15, -0.1) is 10.2 Å². The summed E-state index contributed by atoms with van der Waals surface area (Å²) < 4.78 is 58.8. The molecule has 2 fully saturated rings. The van der Waals surface area contributed by atoms with Crippen LogP contribution >= 0.6 is 0 Å². The van der Waals surface area contributed by atoms with E-state index < -0.39 is 21.7 Å². The molecule has 0 bridgehead atoms. The summed E-state index contributed by atoms with van der Waals surface area (Å²) in [6, 6.07) is 6.08. The van der Waals surface area contributed by atoms with Gasteiger partial charge in [-0.3, -0.25) is 0 Å². The molecule has 1 aromatic carbocycles. The molecule has 2 aliphatic rings. The number of morpholine rings is 1. The van der Waals surface area contributed by atoms with Crippen molar-refractivity contribution in [3.8, 4) is 0 Å². The molecule has 8 nitrogen and oxygen atoms in total. The molecular weight excluding hydrogens is 404 g/mol. The lowest BCUT2D eigenvalue weighted by Gasteiger charge is -2.34. The zero-order valence-corrected chi connectivity index (χ0v) is 16.5. The van der Waals surface area contributed by atoms with E-state index in [0.29, 0.717) is 38.2 Å². The van der Waals surface area contributed by atoms with E-state index in [4.69, 9.17) is 4.74 Å². The van der Waals surface area contributed by atoms with Crippen molar-refractivity contribution in [2.75, 3.05) is 62.3 Å². The van der Waals surface area contributed by atoms with Gasteiger partial charge in [-0.2, -0.15) is 4.31 Å². The smallest absolute Gasteiger partial charge is 0.243 e. The van der Waals surface area contributed by atoms with Crippen LogP contribution < -0.4 is 9.80 Å². The Bertz CT molecular complexity index is 940. The topological polar surface area (TPSA) is 78.9 Å². The summed E-state index contributed by atoms with van der Waals surface area (Å²) in [5, 5.41) is 8.55. The first-order chi connectivity index (χ1) is 13.9. The first kappa shape index (κ1) is 19.9. The molecule has 0 aliphatic carbocycles. The third-order valence-corrected chi connectivity index (χ3v) is 6.88. The van der Waals surface area contributed by atoms with Crippen LogP contribution in [0.25, 0.3) is 0 Å². The summed E-state index contributed by atoms with van der Waals surface area (Å²) in [5.41, 5.74) is 0. The van der Waals surface area contributed by atoms with E-state index in [2.05, 4.69) is 15.1 Å². The summed E-state index contributed by atoms with van der Waals surface area (Å²) in [6.07, 6.45) is 0. The summed E-state index contributed by atoms with van der Waals surface area (Å²) in [7, 11) is -3.96. The van der Waals surface area contributed by atoms with Crippen LogP contribution in [-0.4, -0.2) is 75.4 Å². The number of aromatic nitrogens is 2. The van der Waals surface area contributed by atoms with Crippen LogP contribution in [0.3, 0.4) is 0 Å². The zero-order valence-electron chi connectivity index (χ0n) is 15.7. The number of halogens is 2. The molecule has 2 aromatic rings. The second-order valence-electron chi connectivity index (χ2n) is 6.85. The number of anilines is 2. The third kappa shape index (κ3) is 4.31. The number of hydrogen-bond acceptors (Lipinski definition) is 7.